The molecule has 0 aromatic heterocycles. The van der Waals surface area contributed by atoms with Gasteiger partial charge in [0, 0.05) is 6.04 Å². The molecule has 2 nitrogen and oxygen atoms in total. The maximum Gasteiger partial charge on any atom is 0.0603 e. The first-order valence-electron chi connectivity index (χ1n) is 4.49. The second-order valence-electron chi connectivity index (χ2n) is 3.41. The summed E-state index contributed by atoms with van der Waals surface area (Å²) < 4.78 is 0. The lowest BCUT2D eigenvalue weighted by atomic mass is 10.0. The normalized spacial score (nSPS) is 33.5. The Morgan fingerprint density at radius 2 is 1.85 bits per heavy atom. The van der Waals surface area contributed by atoms with Crippen LogP contribution in [0.4, 0.5) is 0 Å². The first kappa shape index (κ1) is 9.19. The monoisotopic (exact) mass is 240 g/mol. The van der Waals surface area contributed by atoms with Gasteiger partial charge >= 0.3 is 0 Å². The van der Waals surface area contributed by atoms with E-state index in [1.807, 2.05) is 6.07 Å². The molecule has 0 radical (unpaired) electrons. The van der Waals surface area contributed by atoms with Gasteiger partial charge in [0.25, 0.3) is 0 Å². The number of alkyl halides is 1. The van der Waals surface area contributed by atoms with Crippen molar-refractivity contribution in [2.75, 3.05) is 0 Å². The van der Waals surface area contributed by atoms with Crippen LogP contribution in [-0.2, 0) is 0 Å². The van der Waals surface area contributed by atoms with Gasteiger partial charge in [-0.2, -0.15) is 0 Å². The molecule has 70 valence electrons. The van der Waals surface area contributed by atoms with Crippen LogP contribution in [0, 0.1) is 0 Å². The molecule has 0 aliphatic carbocycles. The molecule has 0 amide bonds. The van der Waals surface area contributed by atoms with Gasteiger partial charge < -0.3 is 0 Å². The smallest absolute Gasteiger partial charge is 0.0603 e. The molecule has 13 heavy (non-hydrogen) atoms. The highest BCUT2D eigenvalue weighted by atomic mass is 79.9. The summed E-state index contributed by atoms with van der Waals surface area (Å²) in [6.07, 6.45) is 0. The number of hydrazine groups is 1. The topological polar surface area (TPSA) is 24.1 Å². The molecule has 1 aliphatic heterocycles. The van der Waals surface area contributed by atoms with Crippen LogP contribution in [0.2, 0.25) is 0 Å². The third-order valence-corrected chi connectivity index (χ3v) is 3.74. The van der Waals surface area contributed by atoms with Crippen molar-refractivity contribution in [3.8, 4) is 0 Å². The largest absolute Gasteiger partial charge is 0.253 e. The molecule has 0 spiro atoms. The Morgan fingerprint density at radius 3 is 2.38 bits per heavy atom. The maximum atomic E-state index is 3.68. The summed E-state index contributed by atoms with van der Waals surface area (Å²) in [5.41, 5.74) is 7.82. The first-order valence-corrected chi connectivity index (χ1v) is 5.40. The van der Waals surface area contributed by atoms with Crippen LogP contribution in [0.1, 0.15) is 18.5 Å². The van der Waals surface area contributed by atoms with Crippen molar-refractivity contribution in [2.45, 2.75) is 23.8 Å². The van der Waals surface area contributed by atoms with E-state index in [1.54, 1.807) is 0 Å². The van der Waals surface area contributed by atoms with Crippen molar-refractivity contribution < 1.29 is 0 Å². The highest BCUT2D eigenvalue weighted by Gasteiger charge is 2.31. The van der Waals surface area contributed by atoms with E-state index in [4.69, 9.17) is 0 Å². The minimum absolute atomic E-state index is 0.371. The van der Waals surface area contributed by atoms with Gasteiger partial charge in [0.2, 0.25) is 0 Å². The second kappa shape index (κ2) is 3.78. The van der Waals surface area contributed by atoms with E-state index in [1.165, 1.54) is 5.56 Å². The maximum absolute atomic E-state index is 3.68. The molecule has 2 rings (SSSR count). The van der Waals surface area contributed by atoms with Crippen molar-refractivity contribution in [3.05, 3.63) is 35.9 Å². The van der Waals surface area contributed by atoms with E-state index in [0.717, 1.165) is 0 Å². The average Bonchev–Trinajstić information content (AvgIpc) is 2.49. The van der Waals surface area contributed by atoms with Gasteiger partial charge in [-0.05, 0) is 12.5 Å². The van der Waals surface area contributed by atoms with E-state index < -0.39 is 0 Å². The summed E-state index contributed by atoms with van der Waals surface area (Å²) in [5.74, 6) is 0. The third kappa shape index (κ3) is 1.77. The molecule has 1 fully saturated rings. The number of hydrogen-bond donors (Lipinski definition) is 2. The van der Waals surface area contributed by atoms with Crippen molar-refractivity contribution in [1.29, 1.82) is 0 Å². The number of nitrogens with one attached hydrogen (secondary N) is 2. The Hall–Kier alpha value is -0.380. The molecule has 3 heteroatoms. The van der Waals surface area contributed by atoms with E-state index >= 15 is 0 Å². The highest BCUT2D eigenvalue weighted by Crippen LogP contribution is 2.27. The lowest BCUT2D eigenvalue weighted by Crippen LogP contribution is -2.29. The Kier molecular flexibility index (Phi) is 2.67. The minimum Gasteiger partial charge on any atom is -0.253 e. The van der Waals surface area contributed by atoms with Gasteiger partial charge in [0.05, 0.1) is 10.9 Å². The second-order valence-corrected chi connectivity index (χ2v) is 4.47. The molecule has 1 aromatic carbocycles. The highest BCUT2D eigenvalue weighted by molar-refractivity contribution is 9.09. The summed E-state index contributed by atoms with van der Waals surface area (Å²) in [6.45, 7) is 2.16. The Morgan fingerprint density at radius 1 is 1.15 bits per heavy atom. The zero-order valence-electron chi connectivity index (χ0n) is 7.50. The summed E-state index contributed by atoms with van der Waals surface area (Å²) in [4.78, 5) is 0.454. The first-order chi connectivity index (χ1) is 6.29. The molecule has 1 saturated heterocycles. The van der Waals surface area contributed by atoms with Crippen molar-refractivity contribution in [2.24, 2.45) is 0 Å². The summed E-state index contributed by atoms with van der Waals surface area (Å²) >= 11 is 3.68. The zero-order valence-corrected chi connectivity index (χ0v) is 9.08. The van der Waals surface area contributed by atoms with Crippen LogP contribution in [0.25, 0.3) is 0 Å². The van der Waals surface area contributed by atoms with Gasteiger partial charge in [0.15, 0.2) is 0 Å². The van der Waals surface area contributed by atoms with E-state index in [2.05, 4.69) is 58.0 Å². The molecule has 1 aliphatic rings. The van der Waals surface area contributed by atoms with E-state index in [9.17, 15) is 0 Å². The van der Waals surface area contributed by atoms with Crippen molar-refractivity contribution >= 4 is 15.9 Å². The van der Waals surface area contributed by atoms with Gasteiger partial charge in [-0.3, -0.25) is 5.43 Å². The summed E-state index contributed by atoms with van der Waals surface area (Å²) in [5, 5.41) is 0. The molecule has 0 saturated carbocycles. The van der Waals surface area contributed by atoms with Crippen LogP contribution in [0.15, 0.2) is 30.3 Å². The van der Waals surface area contributed by atoms with Gasteiger partial charge in [-0.1, -0.05) is 46.3 Å². The SMILES string of the molecule is CC1NNC(c2ccccc2)C1Br. The summed E-state index contributed by atoms with van der Waals surface area (Å²) in [6, 6.07) is 11.3. The van der Waals surface area contributed by atoms with Crippen LogP contribution in [-0.4, -0.2) is 10.9 Å². The minimum atomic E-state index is 0.371. The van der Waals surface area contributed by atoms with Crippen molar-refractivity contribution in [1.82, 2.24) is 10.9 Å². The number of hydrogen-bond acceptors (Lipinski definition) is 2. The van der Waals surface area contributed by atoms with Crippen LogP contribution in [0.5, 0.6) is 0 Å². The van der Waals surface area contributed by atoms with Gasteiger partial charge in [-0.25, -0.2) is 5.43 Å². The standard InChI is InChI=1S/C10H13BrN2/c1-7-9(11)10(13-12-7)8-5-3-2-4-6-8/h2-7,9-10,12-13H,1H3. The fourth-order valence-corrected chi connectivity index (χ4v) is 2.17. The molecule has 3 atom stereocenters. The molecule has 2 N–H and O–H groups in total. The van der Waals surface area contributed by atoms with E-state index in [0.29, 0.717) is 16.9 Å². The Labute approximate surface area is 86.8 Å². The lowest BCUT2D eigenvalue weighted by molar-refractivity contribution is 0.560. The summed E-state index contributed by atoms with van der Waals surface area (Å²) in [7, 11) is 0. The number of halogens is 1. The third-order valence-electron chi connectivity index (χ3n) is 2.42. The van der Waals surface area contributed by atoms with Crippen LogP contribution in [0.3, 0.4) is 0 Å². The number of benzene rings is 1. The number of rotatable bonds is 1. The molecule has 3 unspecified atom stereocenters. The Balaban J connectivity index is 2.19. The molecule has 0 bridgehead atoms. The fraction of sp³-hybridized carbons (Fsp3) is 0.400. The molecule has 1 heterocycles. The average molecular weight is 241 g/mol. The fourth-order valence-electron chi connectivity index (χ4n) is 1.60. The van der Waals surface area contributed by atoms with Crippen molar-refractivity contribution in [3.63, 3.8) is 0 Å². The molecule has 1 aromatic rings. The quantitative estimate of drug-likeness (QED) is 0.735. The Bertz CT molecular complexity index is 276. The molecular formula is C10H13BrN2. The van der Waals surface area contributed by atoms with E-state index in [-0.39, 0.29) is 0 Å². The van der Waals surface area contributed by atoms with Crippen LogP contribution < -0.4 is 10.9 Å². The predicted octanol–water partition coefficient (Wildman–Crippen LogP) is 1.99. The molecular weight excluding hydrogens is 228 g/mol. The van der Waals surface area contributed by atoms with Gasteiger partial charge in [-0.15, -0.1) is 0 Å². The zero-order chi connectivity index (χ0) is 9.26. The van der Waals surface area contributed by atoms with Crippen LogP contribution >= 0.6 is 15.9 Å². The van der Waals surface area contributed by atoms with Gasteiger partial charge in [0.1, 0.15) is 0 Å². The lowest BCUT2D eigenvalue weighted by Gasteiger charge is -2.14. The predicted molar refractivity (Wildman–Crippen MR) is 57.6 cm³/mol.